The molecule has 0 aliphatic heterocycles. The van der Waals surface area contributed by atoms with E-state index in [4.69, 9.17) is 11.6 Å². The lowest BCUT2D eigenvalue weighted by molar-refractivity contribution is -0.138. The zero-order chi connectivity index (χ0) is 13.8. The fraction of sp³-hybridized carbons (Fsp3) is 0.250. The average Bonchev–Trinajstić information content (AvgIpc) is 2.28. The molecule has 0 N–H and O–H groups in total. The van der Waals surface area contributed by atoms with Gasteiger partial charge < -0.3 is 4.74 Å². The molecular weight excluding hydrogens is 269 g/mol. The molecule has 1 aromatic rings. The third-order valence-corrected chi connectivity index (χ3v) is 2.27. The molecule has 1 rings (SSSR count). The maximum absolute atomic E-state index is 12.3. The molecule has 0 saturated heterocycles. The number of hydrogen-bond donors (Lipinski definition) is 0. The van der Waals surface area contributed by atoms with E-state index in [1.165, 1.54) is 18.2 Å². The SMILES string of the molecule is CCOC(=O)/C(Cl)=C/c1ccc(C(F)(F)F)cc1. The Kier molecular flexibility index (Phi) is 4.78. The number of carbonyl (C=O) groups excluding carboxylic acids is 1. The number of carbonyl (C=O) groups is 1. The van der Waals surface area contributed by atoms with E-state index >= 15 is 0 Å². The molecule has 0 amide bonds. The van der Waals surface area contributed by atoms with Crippen LogP contribution in [0.1, 0.15) is 18.1 Å². The first-order chi connectivity index (χ1) is 8.34. The largest absolute Gasteiger partial charge is 0.462 e. The van der Waals surface area contributed by atoms with Gasteiger partial charge in [-0.05, 0) is 30.7 Å². The van der Waals surface area contributed by atoms with E-state index in [-0.39, 0.29) is 11.6 Å². The van der Waals surface area contributed by atoms with Gasteiger partial charge in [0.1, 0.15) is 5.03 Å². The first-order valence-corrected chi connectivity index (χ1v) is 5.44. The third kappa shape index (κ3) is 4.07. The summed E-state index contributed by atoms with van der Waals surface area (Å²) in [5.74, 6) is -0.709. The molecule has 98 valence electrons. The van der Waals surface area contributed by atoms with Gasteiger partial charge in [0, 0.05) is 0 Å². The lowest BCUT2D eigenvalue weighted by Gasteiger charge is -2.06. The van der Waals surface area contributed by atoms with Gasteiger partial charge in [0.25, 0.3) is 0 Å². The number of ether oxygens (including phenoxy) is 1. The molecule has 0 saturated carbocycles. The van der Waals surface area contributed by atoms with Crippen molar-refractivity contribution in [3.8, 4) is 0 Å². The van der Waals surface area contributed by atoms with Crippen molar-refractivity contribution in [1.82, 2.24) is 0 Å². The molecule has 0 radical (unpaired) electrons. The van der Waals surface area contributed by atoms with E-state index in [0.717, 1.165) is 12.1 Å². The van der Waals surface area contributed by atoms with E-state index < -0.39 is 17.7 Å². The number of benzene rings is 1. The van der Waals surface area contributed by atoms with Crippen LogP contribution in [0, 0.1) is 0 Å². The van der Waals surface area contributed by atoms with Crippen LogP contribution in [0.4, 0.5) is 13.2 Å². The van der Waals surface area contributed by atoms with Crippen LogP contribution in [-0.4, -0.2) is 12.6 Å². The summed E-state index contributed by atoms with van der Waals surface area (Å²) in [6.07, 6.45) is -3.13. The molecule has 0 unspecified atom stereocenters. The van der Waals surface area contributed by atoms with Crippen molar-refractivity contribution in [3.05, 3.63) is 40.4 Å². The van der Waals surface area contributed by atoms with Gasteiger partial charge in [-0.15, -0.1) is 0 Å². The molecule has 0 aliphatic rings. The summed E-state index contributed by atoms with van der Waals surface area (Å²) < 4.78 is 41.5. The predicted octanol–water partition coefficient (Wildman–Crippen LogP) is 3.85. The van der Waals surface area contributed by atoms with Crippen LogP contribution in [0.2, 0.25) is 0 Å². The Morgan fingerprint density at radius 1 is 1.33 bits per heavy atom. The van der Waals surface area contributed by atoms with Crippen molar-refractivity contribution >= 4 is 23.6 Å². The molecule has 6 heteroatoms. The summed E-state index contributed by atoms with van der Waals surface area (Å²) in [4.78, 5) is 11.2. The summed E-state index contributed by atoms with van der Waals surface area (Å²) in [6, 6.07) is 4.29. The lowest BCUT2D eigenvalue weighted by Crippen LogP contribution is -2.04. The van der Waals surface area contributed by atoms with Gasteiger partial charge in [-0.1, -0.05) is 23.7 Å². The number of rotatable bonds is 3. The summed E-state index contributed by atoms with van der Waals surface area (Å²) in [6.45, 7) is 1.80. The normalized spacial score (nSPS) is 12.4. The van der Waals surface area contributed by atoms with Gasteiger partial charge >= 0.3 is 12.1 Å². The average molecular weight is 279 g/mol. The summed E-state index contributed by atoms with van der Waals surface area (Å²) in [5.41, 5.74) is -0.368. The fourth-order valence-electron chi connectivity index (χ4n) is 1.17. The predicted molar refractivity (Wildman–Crippen MR) is 61.9 cm³/mol. The number of esters is 1. The lowest BCUT2D eigenvalue weighted by atomic mass is 10.1. The Labute approximate surface area is 107 Å². The molecule has 0 atom stereocenters. The minimum absolute atomic E-state index is 0.176. The van der Waals surface area contributed by atoms with Crippen molar-refractivity contribution in [2.75, 3.05) is 6.61 Å². The third-order valence-electron chi connectivity index (χ3n) is 2.00. The Morgan fingerprint density at radius 3 is 2.33 bits per heavy atom. The van der Waals surface area contributed by atoms with E-state index in [1.54, 1.807) is 6.92 Å². The zero-order valence-corrected chi connectivity index (χ0v) is 10.2. The monoisotopic (exact) mass is 278 g/mol. The highest BCUT2D eigenvalue weighted by atomic mass is 35.5. The maximum atomic E-state index is 12.3. The van der Waals surface area contributed by atoms with Crippen LogP contribution >= 0.6 is 11.6 Å². The second kappa shape index (κ2) is 5.91. The second-order valence-corrected chi connectivity index (χ2v) is 3.74. The summed E-state index contributed by atoms with van der Waals surface area (Å²) in [7, 11) is 0. The van der Waals surface area contributed by atoms with Crippen LogP contribution < -0.4 is 0 Å². The fourth-order valence-corrected chi connectivity index (χ4v) is 1.35. The van der Waals surface area contributed by atoms with Gasteiger partial charge in [0.15, 0.2) is 0 Å². The molecule has 2 nitrogen and oxygen atoms in total. The van der Waals surface area contributed by atoms with Crippen LogP contribution in [0.15, 0.2) is 29.3 Å². The standard InChI is InChI=1S/C12H10ClF3O2/c1-2-18-11(17)10(13)7-8-3-5-9(6-4-8)12(14,15)16/h3-7H,2H2,1H3/b10-7-. The van der Waals surface area contributed by atoms with Crippen molar-refractivity contribution < 1.29 is 22.7 Å². The van der Waals surface area contributed by atoms with Crippen LogP contribution in [-0.2, 0) is 15.7 Å². The van der Waals surface area contributed by atoms with Crippen molar-refractivity contribution in [2.45, 2.75) is 13.1 Å². The quantitative estimate of drug-likeness (QED) is 0.620. The molecule has 0 aliphatic carbocycles. The topological polar surface area (TPSA) is 26.3 Å². The number of hydrogen-bond acceptors (Lipinski definition) is 2. The molecule has 18 heavy (non-hydrogen) atoms. The van der Waals surface area contributed by atoms with Gasteiger partial charge in [0.2, 0.25) is 0 Å². The van der Waals surface area contributed by atoms with Gasteiger partial charge in [-0.25, -0.2) is 4.79 Å². The molecule has 0 spiro atoms. The Hall–Kier alpha value is -1.49. The molecule has 0 aromatic heterocycles. The Morgan fingerprint density at radius 2 is 1.89 bits per heavy atom. The molecular formula is C12H10ClF3O2. The highest BCUT2D eigenvalue weighted by Crippen LogP contribution is 2.29. The van der Waals surface area contributed by atoms with E-state index in [9.17, 15) is 18.0 Å². The smallest absolute Gasteiger partial charge is 0.416 e. The van der Waals surface area contributed by atoms with Crippen LogP contribution in [0.3, 0.4) is 0 Å². The highest BCUT2D eigenvalue weighted by Gasteiger charge is 2.29. The Bertz CT molecular complexity index is 449. The number of halogens is 4. The minimum atomic E-state index is -4.38. The highest BCUT2D eigenvalue weighted by molar-refractivity contribution is 6.43. The van der Waals surface area contributed by atoms with Gasteiger partial charge in [0.05, 0.1) is 12.2 Å². The first kappa shape index (κ1) is 14.6. The van der Waals surface area contributed by atoms with E-state index in [0.29, 0.717) is 5.56 Å². The van der Waals surface area contributed by atoms with E-state index in [2.05, 4.69) is 4.74 Å². The molecule has 0 bridgehead atoms. The zero-order valence-electron chi connectivity index (χ0n) is 9.42. The first-order valence-electron chi connectivity index (χ1n) is 5.06. The van der Waals surface area contributed by atoms with Gasteiger partial charge in [-0.3, -0.25) is 0 Å². The molecule has 0 fully saturated rings. The number of alkyl halides is 3. The second-order valence-electron chi connectivity index (χ2n) is 3.33. The van der Waals surface area contributed by atoms with Gasteiger partial charge in [-0.2, -0.15) is 13.2 Å². The molecule has 0 heterocycles. The van der Waals surface area contributed by atoms with Crippen molar-refractivity contribution in [2.24, 2.45) is 0 Å². The Balaban J connectivity index is 2.87. The summed E-state index contributed by atoms with van der Waals surface area (Å²) >= 11 is 5.64. The minimum Gasteiger partial charge on any atom is -0.462 e. The van der Waals surface area contributed by atoms with Crippen LogP contribution in [0.25, 0.3) is 6.08 Å². The maximum Gasteiger partial charge on any atom is 0.416 e. The van der Waals surface area contributed by atoms with Crippen LogP contribution in [0.5, 0.6) is 0 Å². The van der Waals surface area contributed by atoms with Crippen molar-refractivity contribution in [1.29, 1.82) is 0 Å². The summed E-state index contributed by atoms with van der Waals surface area (Å²) in [5, 5.41) is -0.184. The van der Waals surface area contributed by atoms with Crippen molar-refractivity contribution in [3.63, 3.8) is 0 Å². The van der Waals surface area contributed by atoms with E-state index in [1.807, 2.05) is 0 Å². The molecule has 1 aromatic carbocycles.